The first-order chi connectivity index (χ1) is 21.4. The van der Waals surface area contributed by atoms with Gasteiger partial charge in [0, 0.05) is 60.3 Å². The van der Waals surface area contributed by atoms with Gasteiger partial charge in [0.05, 0.1) is 41.8 Å². The van der Waals surface area contributed by atoms with Crippen LogP contribution < -0.4 is 14.4 Å². The molecule has 4 aromatic heterocycles. The highest BCUT2D eigenvalue weighted by atomic mass is 16.5. The van der Waals surface area contributed by atoms with Gasteiger partial charge in [-0.05, 0) is 58.4 Å². The molecule has 3 fully saturated rings. The molecule has 0 spiro atoms. The molecular formula is C34H37N7O4. The number of piperazine rings is 1. The van der Waals surface area contributed by atoms with Gasteiger partial charge in [0.1, 0.15) is 30.3 Å². The molecule has 2 bridgehead atoms. The van der Waals surface area contributed by atoms with Gasteiger partial charge in [0.25, 0.3) is 0 Å². The van der Waals surface area contributed by atoms with Crippen LogP contribution >= 0.6 is 0 Å². The van der Waals surface area contributed by atoms with E-state index in [0.717, 1.165) is 42.0 Å². The number of ether oxygens (including phenoxy) is 2. The van der Waals surface area contributed by atoms with Crippen molar-refractivity contribution in [2.24, 2.45) is 0 Å². The quantitative estimate of drug-likeness (QED) is 0.288. The second-order valence-corrected chi connectivity index (χ2v) is 12.9. The number of nitriles is 1. The first-order valence-corrected chi connectivity index (χ1v) is 14.9. The number of hydrogen-bond acceptors (Lipinski definition) is 10. The molecule has 11 heteroatoms. The number of fused-ring (bicyclic) bond motifs is 3. The molecule has 3 saturated heterocycles. The minimum atomic E-state index is -1.02. The summed E-state index contributed by atoms with van der Waals surface area (Å²) in [6.07, 6.45) is 7.76. The molecule has 0 radical (unpaired) electrons. The molecular weight excluding hydrogens is 570 g/mol. The standard InChI is InChI=1S/C34H37N7O4/c1-33(2,42)21-45-27-14-28(32-24(15-35)17-38-40(32)20-27)23-7-9-30(37-16-23)39-18-25-13-26(19-39)41(25)29(34(3,4)43)8-6-22-10-11-36-31(12-22)44-5/h7,9-12,14,16-17,20,25-26,29,42-43H,13,18-19,21H2,1-5H3. The van der Waals surface area contributed by atoms with Gasteiger partial charge >= 0.3 is 0 Å². The Balaban J connectivity index is 1.21. The van der Waals surface area contributed by atoms with Crippen molar-refractivity contribution in [3.8, 4) is 40.7 Å². The summed E-state index contributed by atoms with van der Waals surface area (Å²) in [6.45, 7) is 8.63. The highest BCUT2D eigenvalue weighted by Gasteiger charge is 2.50. The molecule has 11 nitrogen and oxygen atoms in total. The lowest BCUT2D eigenvalue weighted by Gasteiger charge is -2.60. The molecule has 4 aromatic rings. The molecule has 0 saturated carbocycles. The van der Waals surface area contributed by atoms with Crippen LogP contribution in [0.3, 0.4) is 0 Å². The van der Waals surface area contributed by atoms with Gasteiger partial charge in [0.2, 0.25) is 5.88 Å². The third-order valence-corrected chi connectivity index (χ3v) is 8.20. The number of hydrogen-bond donors (Lipinski definition) is 2. The Hall–Kier alpha value is -4.68. The van der Waals surface area contributed by atoms with Crippen LogP contribution in [0.4, 0.5) is 5.82 Å². The lowest BCUT2D eigenvalue weighted by molar-refractivity contribution is -0.0897. The summed E-state index contributed by atoms with van der Waals surface area (Å²) in [5.41, 5.74) is 1.48. The van der Waals surface area contributed by atoms with E-state index in [-0.39, 0.29) is 24.7 Å². The van der Waals surface area contributed by atoms with Gasteiger partial charge in [-0.15, -0.1) is 0 Å². The molecule has 45 heavy (non-hydrogen) atoms. The molecule has 3 aliphatic heterocycles. The number of aromatic nitrogens is 4. The summed E-state index contributed by atoms with van der Waals surface area (Å²) in [5, 5.41) is 35.3. The minimum Gasteiger partial charge on any atom is -0.489 e. The van der Waals surface area contributed by atoms with Crippen LogP contribution in [0, 0.1) is 23.2 Å². The van der Waals surface area contributed by atoms with Crippen molar-refractivity contribution < 1.29 is 19.7 Å². The minimum absolute atomic E-state index is 0.105. The Morgan fingerprint density at radius 2 is 1.84 bits per heavy atom. The number of piperidine rings is 1. The van der Waals surface area contributed by atoms with Gasteiger partial charge in [-0.3, -0.25) is 4.90 Å². The first-order valence-electron chi connectivity index (χ1n) is 14.9. The zero-order valence-electron chi connectivity index (χ0n) is 26.1. The zero-order valence-corrected chi connectivity index (χ0v) is 26.1. The van der Waals surface area contributed by atoms with Crippen molar-refractivity contribution in [2.75, 3.05) is 31.7 Å². The largest absolute Gasteiger partial charge is 0.489 e. The van der Waals surface area contributed by atoms with E-state index in [4.69, 9.17) is 14.5 Å². The molecule has 0 aromatic carbocycles. The summed E-state index contributed by atoms with van der Waals surface area (Å²) in [4.78, 5) is 13.6. The molecule has 7 heterocycles. The fraction of sp³-hybridized carbons (Fsp3) is 0.412. The number of aliphatic hydroxyl groups is 2. The Kier molecular flexibility index (Phi) is 7.88. The average molecular weight is 608 g/mol. The number of methoxy groups -OCH3 is 1. The Bertz CT molecular complexity index is 1790. The predicted molar refractivity (Wildman–Crippen MR) is 169 cm³/mol. The first kappa shape index (κ1) is 30.4. The molecule has 232 valence electrons. The van der Waals surface area contributed by atoms with Crippen molar-refractivity contribution in [3.63, 3.8) is 0 Å². The lowest BCUT2D eigenvalue weighted by atomic mass is 9.81. The zero-order chi connectivity index (χ0) is 31.9. The van der Waals surface area contributed by atoms with Gasteiger partial charge in [-0.2, -0.15) is 10.4 Å². The van der Waals surface area contributed by atoms with Crippen molar-refractivity contribution in [1.29, 1.82) is 5.26 Å². The van der Waals surface area contributed by atoms with E-state index in [1.165, 1.54) is 6.20 Å². The molecule has 2 N–H and O–H groups in total. The molecule has 0 amide bonds. The van der Waals surface area contributed by atoms with Gasteiger partial charge in [0.15, 0.2) is 0 Å². The average Bonchev–Trinajstić information content (AvgIpc) is 3.44. The van der Waals surface area contributed by atoms with Crippen LogP contribution in [0.2, 0.25) is 0 Å². The number of anilines is 1. The highest BCUT2D eigenvalue weighted by Crippen LogP contribution is 2.39. The van der Waals surface area contributed by atoms with Crippen LogP contribution in [0.1, 0.15) is 45.2 Å². The summed E-state index contributed by atoms with van der Waals surface area (Å²) in [5.74, 6) is 8.45. The molecule has 3 aliphatic rings. The van der Waals surface area contributed by atoms with Gasteiger partial charge in [-0.1, -0.05) is 11.8 Å². The normalized spacial score (nSPS) is 18.8. The molecule has 0 aliphatic carbocycles. The number of rotatable bonds is 8. The molecule has 7 rings (SSSR count). The summed E-state index contributed by atoms with van der Waals surface area (Å²) in [6, 6.07) is 11.8. The van der Waals surface area contributed by atoms with Crippen molar-refractivity contribution in [2.45, 2.75) is 63.4 Å². The van der Waals surface area contributed by atoms with E-state index in [2.05, 4.69) is 37.8 Å². The van der Waals surface area contributed by atoms with Crippen LogP contribution in [0.15, 0.2) is 55.1 Å². The summed E-state index contributed by atoms with van der Waals surface area (Å²) >= 11 is 0. The highest BCUT2D eigenvalue weighted by molar-refractivity contribution is 5.85. The topological polar surface area (TPSA) is 132 Å². The van der Waals surface area contributed by atoms with E-state index in [9.17, 15) is 15.5 Å². The third kappa shape index (κ3) is 6.29. The Morgan fingerprint density at radius 3 is 2.49 bits per heavy atom. The smallest absolute Gasteiger partial charge is 0.214 e. The maximum Gasteiger partial charge on any atom is 0.214 e. The fourth-order valence-corrected chi connectivity index (χ4v) is 6.08. The summed E-state index contributed by atoms with van der Waals surface area (Å²) in [7, 11) is 1.57. The van der Waals surface area contributed by atoms with Crippen LogP contribution in [-0.2, 0) is 0 Å². The molecule has 3 atom stereocenters. The van der Waals surface area contributed by atoms with Gasteiger partial charge < -0.3 is 24.6 Å². The van der Waals surface area contributed by atoms with E-state index >= 15 is 0 Å². The van der Waals surface area contributed by atoms with E-state index in [1.54, 1.807) is 43.9 Å². The van der Waals surface area contributed by atoms with Crippen LogP contribution in [-0.4, -0.2) is 90.8 Å². The second-order valence-electron chi connectivity index (χ2n) is 12.9. The van der Waals surface area contributed by atoms with Crippen molar-refractivity contribution >= 4 is 11.3 Å². The van der Waals surface area contributed by atoms with Crippen LogP contribution in [0.25, 0.3) is 16.6 Å². The number of pyridine rings is 3. The Morgan fingerprint density at radius 1 is 1.07 bits per heavy atom. The van der Waals surface area contributed by atoms with Crippen LogP contribution in [0.5, 0.6) is 11.6 Å². The van der Waals surface area contributed by atoms with Crippen molar-refractivity contribution in [3.05, 3.63) is 66.2 Å². The maximum atomic E-state index is 11.1. The van der Waals surface area contributed by atoms with Crippen molar-refractivity contribution in [1.82, 2.24) is 24.5 Å². The fourth-order valence-electron chi connectivity index (χ4n) is 6.08. The Labute approximate surface area is 262 Å². The SMILES string of the molecule is COc1cc(C#CC(N2C3CC2CN(c2ccc(-c4cc(OCC(C)(C)O)cn5ncc(C#N)c45)cn2)C3)C(C)(C)O)ccn1. The van der Waals surface area contributed by atoms with E-state index in [1.807, 2.05) is 44.3 Å². The predicted octanol–water partition coefficient (Wildman–Crippen LogP) is 3.28. The maximum absolute atomic E-state index is 11.1. The third-order valence-electron chi connectivity index (χ3n) is 8.20. The molecule has 3 unspecified atom stereocenters. The monoisotopic (exact) mass is 607 g/mol. The van der Waals surface area contributed by atoms with E-state index in [0.29, 0.717) is 22.7 Å². The van der Waals surface area contributed by atoms with Gasteiger partial charge in [-0.25, -0.2) is 14.5 Å². The number of nitrogens with zero attached hydrogens (tertiary/aromatic N) is 7. The second kappa shape index (κ2) is 11.7. The lowest BCUT2D eigenvalue weighted by Crippen LogP contribution is -2.73. The van der Waals surface area contributed by atoms with E-state index < -0.39 is 11.2 Å². The summed E-state index contributed by atoms with van der Waals surface area (Å²) < 4.78 is 12.7.